The van der Waals surface area contributed by atoms with Crippen molar-refractivity contribution in [3.8, 4) is 11.6 Å². The summed E-state index contributed by atoms with van der Waals surface area (Å²) in [6.45, 7) is 3.82. The molecule has 32 heavy (non-hydrogen) atoms. The second kappa shape index (κ2) is 11.6. The molecule has 0 bridgehead atoms. The molecule has 0 aliphatic heterocycles. The molecule has 2 aromatic heterocycles. The molecule has 0 N–H and O–H groups in total. The predicted molar refractivity (Wildman–Crippen MR) is 122 cm³/mol. The van der Waals surface area contributed by atoms with Crippen LogP contribution in [0.4, 0.5) is 0 Å². The van der Waals surface area contributed by atoms with Crippen LogP contribution >= 0.6 is 0 Å². The summed E-state index contributed by atoms with van der Waals surface area (Å²) < 4.78 is 36.4. The monoisotopic (exact) mass is 482 g/mol. The van der Waals surface area contributed by atoms with Crippen molar-refractivity contribution in [3.63, 3.8) is 0 Å². The number of sulfonamides is 1. The number of nitrogens with zero attached hydrogens (tertiary/aromatic N) is 4. The summed E-state index contributed by atoms with van der Waals surface area (Å²) in [5, 5.41) is 5.47. The third-order valence-corrected chi connectivity index (χ3v) is 6.25. The number of aromatic nitrogens is 3. The fourth-order valence-electron chi connectivity index (χ4n) is 3.48. The van der Waals surface area contributed by atoms with E-state index in [4.69, 9.17) is 4.74 Å². The van der Waals surface area contributed by atoms with E-state index in [0.717, 1.165) is 35.3 Å². The zero-order valence-electron chi connectivity index (χ0n) is 19.2. The molecule has 0 spiro atoms. The Morgan fingerprint density at radius 3 is 2.69 bits per heavy atom. The minimum atomic E-state index is -3.76. The molecule has 0 saturated heterocycles. The van der Waals surface area contributed by atoms with Crippen LogP contribution in [-0.4, -0.2) is 41.5 Å². The number of unbranched alkanes of at least 4 members (excludes halogenated alkanes) is 2. The molecule has 8 nitrogen and oxygen atoms in total. The van der Waals surface area contributed by atoms with E-state index < -0.39 is 15.9 Å². The van der Waals surface area contributed by atoms with Crippen LogP contribution in [0.1, 0.15) is 37.4 Å². The predicted octanol–water partition coefficient (Wildman–Crippen LogP) is 1.12. The molecule has 3 aromatic rings. The molecule has 0 aliphatic rings. The van der Waals surface area contributed by atoms with Gasteiger partial charge < -0.3 is 18.8 Å². The molecule has 2 heterocycles. The minimum Gasteiger partial charge on any atom is -0.542 e. The van der Waals surface area contributed by atoms with Gasteiger partial charge in [0, 0.05) is 29.9 Å². The van der Waals surface area contributed by atoms with Gasteiger partial charge >= 0.3 is 51.4 Å². The molecule has 0 unspecified atom stereocenters. The van der Waals surface area contributed by atoms with E-state index in [1.807, 2.05) is 55.9 Å². The molecule has 3 rings (SSSR count). The molecule has 0 fully saturated rings. The summed E-state index contributed by atoms with van der Waals surface area (Å²) in [6.07, 6.45) is 6.85. The fraction of sp³-hybridized carbons (Fsp3) is 0.364. The van der Waals surface area contributed by atoms with E-state index in [1.165, 1.54) is 6.08 Å². The van der Waals surface area contributed by atoms with Crippen molar-refractivity contribution in [2.24, 2.45) is 7.05 Å². The molecular formula is C22H27KN4O4S. The van der Waals surface area contributed by atoms with Gasteiger partial charge in [-0.15, -0.1) is 0 Å². The third-order valence-electron chi connectivity index (χ3n) is 4.99. The summed E-state index contributed by atoms with van der Waals surface area (Å²) in [5.41, 5.74) is 2.37. The quantitative estimate of drug-likeness (QED) is 0.259. The fourth-order valence-corrected chi connectivity index (χ4v) is 4.47. The Balaban J connectivity index is 0.00000363. The van der Waals surface area contributed by atoms with E-state index in [0.29, 0.717) is 17.7 Å². The van der Waals surface area contributed by atoms with Gasteiger partial charge in [-0.2, -0.15) is 5.10 Å². The van der Waals surface area contributed by atoms with Gasteiger partial charge in [0.1, 0.15) is 11.6 Å². The first-order valence-electron chi connectivity index (χ1n) is 10.1. The molecule has 0 saturated carbocycles. The van der Waals surface area contributed by atoms with Crippen LogP contribution < -0.4 is 56.1 Å². The maximum atomic E-state index is 12.2. The Hall–Kier alpha value is -1.43. The standard InChI is InChI=1S/C22H28N4O4S.K/c1-5-6-7-14-31(28,29)24-21(27)11-9-19-16(2)23-25(3)22(19)26-13-12-17-15-18(30-4)8-10-20(17)26;/h8-13,15H,5-7,14H2,1-4H3,(H,24,27);/q;+1/p-1/b11-9+;. The van der Waals surface area contributed by atoms with Crippen LogP contribution in [0.5, 0.6) is 5.75 Å². The number of aryl methyl sites for hydroxylation is 2. The van der Waals surface area contributed by atoms with E-state index in [2.05, 4.69) is 9.82 Å². The topological polar surface area (TPSA) is 97.3 Å². The number of hydrogen-bond donors (Lipinski definition) is 0. The Labute approximate surface area is 231 Å². The van der Waals surface area contributed by atoms with Crippen molar-refractivity contribution in [1.82, 2.24) is 14.3 Å². The first kappa shape index (κ1) is 26.8. The third kappa shape index (κ3) is 6.33. The molecule has 1 aromatic carbocycles. The number of ether oxygens (including phenoxy) is 1. The van der Waals surface area contributed by atoms with Gasteiger partial charge in [-0.25, -0.2) is 8.42 Å². The van der Waals surface area contributed by atoms with Gasteiger partial charge in [0.2, 0.25) is 0 Å². The van der Waals surface area contributed by atoms with Crippen LogP contribution in [-0.2, 0) is 21.9 Å². The van der Waals surface area contributed by atoms with Gasteiger partial charge in [0.25, 0.3) is 0 Å². The molecule has 166 valence electrons. The Kier molecular flexibility index (Phi) is 9.74. The smallest absolute Gasteiger partial charge is 0.542 e. The van der Waals surface area contributed by atoms with Crippen LogP contribution in [0.25, 0.3) is 27.5 Å². The van der Waals surface area contributed by atoms with Gasteiger partial charge in [-0.05, 0) is 49.8 Å². The van der Waals surface area contributed by atoms with Crippen molar-refractivity contribution < 1.29 is 69.3 Å². The van der Waals surface area contributed by atoms with Crippen LogP contribution in [0, 0.1) is 6.92 Å². The van der Waals surface area contributed by atoms with Crippen molar-refractivity contribution in [2.45, 2.75) is 33.1 Å². The number of hydrogen-bond acceptors (Lipinski definition) is 5. The van der Waals surface area contributed by atoms with Crippen LogP contribution in [0.3, 0.4) is 0 Å². The second-order valence-electron chi connectivity index (χ2n) is 7.31. The zero-order chi connectivity index (χ0) is 22.6. The zero-order valence-corrected chi connectivity index (χ0v) is 23.1. The Morgan fingerprint density at radius 1 is 1.25 bits per heavy atom. The van der Waals surface area contributed by atoms with Crippen molar-refractivity contribution in [3.05, 3.63) is 52.5 Å². The molecule has 10 heteroatoms. The SMILES string of the molecule is CCCCCS(=O)(=O)[N-]C(=O)/C=C/c1c(C)nn(C)c1-n1ccc2cc(OC)ccc21.[K+]. The summed E-state index contributed by atoms with van der Waals surface area (Å²) in [7, 11) is -0.323. The van der Waals surface area contributed by atoms with Gasteiger partial charge in [0.15, 0.2) is 0 Å². The number of amides is 1. The van der Waals surface area contributed by atoms with Gasteiger partial charge in [0.05, 0.1) is 34.3 Å². The van der Waals surface area contributed by atoms with Crippen molar-refractivity contribution in [2.75, 3.05) is 12.9 Å². The molecule has 0 radical (unpaired) electrons. The first-order valence-corrected chi connectivity index (χ1v) is 11.7. The Morgan fingerprint density at radius 2 is 2.00 bits per heavy atom. The van der Waals surface area contributed by atoms with Crippen molar-refractivity contribution >= 4 is 32.9 Å². The second-order valence-corrected chi connectivity index (χ2v) is 9.07. The average molecular weight is 483 g/mol. The summed E-state index contributed by atoms with van der Waals surface area (Å²) in [4.78, 5) is 12.2. The normalized spacial score (nSPS) is 11.6. The van der Waals surface area contributed by atoms with Gasteiger partial charge in [-0.1, -0.05) is 19.8 Å². The number of rotatable bonds is 9. The summed E-state index contributed by atoms with van der Waals surface area (Å²) in [5.74, 6) is 0.607. The van der Waals surface area contributed by atoms with E-state index in [-0.39, 0.29) is 57.1 Å². The number of fused-ring (bicyclic) bond motifs is 1. The van der Waals surface area contributed by atoms with Crippen LogP contribution in [0.2, 0.25) is 0 Å². The summed E-state index contributed by atoms with van der Waals surface area (Å²) in [6, 6.07) is 7.74. The summed E-state index contributed by atoms with van der Waals surface area (Å²) >= 11 is 0. The molecule has 1 amide bonds. The van der Waals surface area contributed by atoms with Crippen LogP contribution in [0.15, 0.2) is 36.5 Å². The number of carbonyl (C=O) groups excluding carboxylic acids is 1. The van der Waals surface area contributed by atoms with E-state index in [9.17, 15) is 13.2 Å². The van der Waals surface area contributed by atoms with Gasteiger partial charge in [-0.3, -0.25) is 4.68 Å². The number of methoxy groups -OCH3 is 1. The maximum Gasteiger partial charge on any atom is 1.00 e. The number of carbonyl (C=O) groups is 1. The Bertz CT molecular complexity index is 1230. The first-order chi connectivity index (χ1) is 14.8. The largest absolute Gasteiger partial charge is 1.00 e. The number of benzene rings is 1. The molecule has 0 atom stereocenters. The van der Waals surface area contributed by atoms with E-state index >= 15 is 0 Å². The molecule has 0 aliphatic carbocycles. The minimum absolute atomic E-state index is 0. The molecular weight excluding hydrogens is 455 g/mol. The maximum absolute atomic E-state index is 12.2. The van der Waals surface area contributed by atoms with Crippen molar-refractivity contribution in [1.29, 1.82) is 0 Å². The average Bonchev–Trinajstić information content (AvgIpc) is 3.24. The van der Waals surface area contributed by atoms with E-state index in [1.54, 1.807) is 17.9 Å².